The number of aliphatic hydroxyl groups excluding tert-OH is 1. The van der Waals surface area contributed by atoms with Gasteiger partial charge in [-0.15, -0.1) is 0 Å². The smallest absolute Gasteiger partial charge is 0.233 e. The summed E-state index contributed by atoms with van der Waals surface area (Å²) in [6.45, 7) is 0. The lowest BCUT2D eigenvalue weighted by Gasteiger charge is -2.48. The summed E-state index contributed by atoms with van der Waals surface area (Å²) in [6, 6.07) is 26.5. The van der Waals surface area contributed by atoms with E-state index in [-0.39, 0.29) is 29.5 Å². The van der Waals surface area contributed by atoms with E-state index in [4.69, 9.17) is 0 Å². The number of halogens is 2. The van der Waals surface area contributed by atoms with Crippen LogP contribution in [0, 0.1) is 17.6 Å². The van der Waals surface area contributed by atoms with Crippen molar-refractivity contribution in [2.45, 2.75) is 25.0 Å². The molecule has 0 radical (unpaired) electrons. The highest BCUT2D eigenvalue weighted by Crippen LogP contribution is 2.46. The van der Waals surface area contributed by atoms with Gasteiger partial charge in [0.15, 0.2) is 0 Å². The van der Waals surface area contributed by atoms with Crippen molar-refractivity contribution < 1.29 is 23.5 Å². The molecule has 4 nitrogen and oxygen atoms in total. The lowest BCUT2D eigenvalue weighted by atomic mass is 9.78. The summed E-state index contributed by atoms with van der Waals surface area (Å²) in [5.41, 5.74) is 4.69. The highest BCUT2D eigenvalue weighted by molar-refractivity contribution is 6.03. The standard InChI is InChI=1S/C31H25F2NO3/c32-25-11-9-23(10-12-25)29(36)18-17-28-30(34(31(28)37)27-15-13-26(33)14-16-27)24-7-5-22(6-8-24)21-3-1-20(19-35)2-4-21/h1-16,19,28-30,36H,17-18H2. The second-order valence-electron chi connectivity index (χ2n) is 9.24. The number of benzene rings is 4. The molecule has 0 aromatic heterocycles. The van der Waals surface area contributed by atoms with Crippen molar-refractivity contribution >= 4 is 17.9 Å². The molecule has 1 saturated heterocycles. The zero-order valence-electron chi connectivity index (χ0n) is 19.9. The average Bonchev–Trinajstić information content (AvgIpc) is 2.93. The van der Waals surface area contributed by atoms with Gasteiger partial charge in [-0.05, 0) is 71.5 Å². The summed E-state index contributed by atoms with van der Waals surface area (Å²) in [4.78, 5) is 25.9. The predicted molar refractivity (Wildman–Crippen MR) is 138 cm³/mol. The predicted octanol–water partition coefficient (Wildman–Crippen LogP) is 6.66. The molecular weight excluding hydrogens is 472 g/mol. The van der Waals surface area contributed by atoms with Crippen molar-refractivity contribution in [3.63, 3.8) is 0 Å². The average molecular weight is 498 g/mol. The fourth-order valence-corrected chi connectivity index (χ4v) is 4.92. The Morgan fingerprint density at radius 3 is 1.89 bits per heavy atom. The number of hydrogen-bond donors (Lipinski definition) is 1. The molecule has 3 atom stereocenters. The largest absolute Gasteiger partial charge is 0.388 e. The van der Waals surface area contributed by atoms with Gasteiger partial charge >= 0.3 is 0 Å². The zero-order valence-corrected chi connectivity index (χ0v) is 19.9. The number of nitrogens with zero attached hydrogens (tertiary/aromatic N) is 1. The third-order valence-corrected chi connectivity index (χ3v) is 6.96. The fraction of sp³-hybridized carbons (Fsp3) is 0.161. The van der Waals surface area contributed by atoms with Crippen LogP contribution in [0.2, 0.25) is 0 Å². The second-order valence-corrected chi connectivity index (χ2v) is 9.24. The molecule has 6 heteroatoms. The molecule has 4 aromatic carbocycles. The molecule has 1 aliphatic rings. The number of carbonyl (C=O) groups excluding carboxylic acids is 2. The minimum absolute atomic E-state index is 0.0866. The van der Waals surface area contributed by atoms with E-state index >= 15 is 0 Å². The van der Waals surface area contributed by atoms with Gasteiger partial charge in [0.25, 0.3) is 0 Å². The van der Waals surface area contributed by atoms with Crippen molar-refractivity contribution in [1.29, 1.82) is 0 Å². The lowest BCUT2D eigenvalue weighted by Crippen LogP contribution is -2.55. The van der Waals surface area contributed by atoms with E-state index in [1.54, 1.807) is 41.3 Å². The first kappa shape index (κ1) is 24.5. The molecule has 5 rings (SSSR count). The molecule has 1 amide bonds. The monoisotopic (exact) mass is 497 g/mol. The fourth-order valence-electron chi connectivity index (χ4n) is 4.92. The van der Waals surface area contributed by atoms with Crippen LogP contribution in [-0.2, 0) is 4.79 Å². The van der Waals surface area contributed by atoms with Gasteiger partial charge in [0.05, 0.1) is 18.1 Å². The van der Waals surface area contributed by atoms with Gasteiger partial charge in [-0.2, -0.15) is 0 Å². The highest BCUT2D eigenvalue weighted by atomic mass is 19.1. The number of amides is 1. The van der Waals surface area contributed by atoms with Crippen LogP contribution in [-0.4, -0.2) is 17.3 Å². The van der Waals surface area contributed by atoms with E-state index in [0.717, 1.165) is 23.0 Å². The number of aliphatic hydroxyl groups is 1. The Bertz CT molecular complexity index is 1380. The van der Waals surface area contributed by atoms with Crippen LogP contribution >= 0.6 is 0 Å². The van der Waals surface area contributed by atoms with Crippen LogP contribution in [0.5, 0.6) is 0 Å². The van der Waals surface area contributed by atoms with Gasteiger partial charge in [-0.25, -0.2) is 8.78 Å². The second kappa shape index (κ2) is 10.4. The van der Waals surface area contributed by atoms with Crippen molar-refractivity contribution in [1.82, 2.24) is 0 Å². The zero-order chi connectivity index (χ0) is 25.9. The Labute approximate surface area is 213 Å². The Hall–Kier alpha value is -4.16. The first-order valence-corrected chi connectivity index (χ1v) is 12.1. The third kappa shape index (κ3) is 5.06. The maximum absolute atomic E-state index is 13.5. The van der Waals surface area contributed by atoms with Crippen molar-refractivity contribution in [2.75, 3.05) is 4.90 Å². The Kier molecular flexibility index (Phi) is 6.93. The minimum atomic E-state index is -0.814. The Balaban J connectivity index is 1.39. The van der Waals surface area contributed by atoms with E-state index in [9.17, 15) is 23.5 Å². The SMILES string of the molecule is O=Cc1ccc(-c2ccc(C3C(CCC(O)c4ccc(F)cc4)C(=O)N3c3ccc(F)cc3)cc2)cc1. The first-order valence-electron chi connectivity index (χ1n) is 12.1. The van der Waals surface area contributed by atoms with Crippen LogP contribution in [0.25, 0.3) is 11.1 Å². The van der Waals surface area contributed by atoms with Crippen molar-refractivity contribution in [3.8, 4) is 11.1 Å². The molecule has 1 heterocycles. The molecule has 0 bridgehead atoms. The summed E-state index contributed by atoms with van der Waals surface area (Å²) in [5.74, 6) is -1.20. The number of β-lactam (4-membered cyclic amide) rings is 1. The summed E-state index contributed by atoms with van der Waals surface area (Å²) < 4.78 is 26.8. The normalized spacial score (nSPS) is 17.8. The number of anilines is 1. The molecule has 1 N–H and O–H groups in total. The molecule has 1 fully saturated rings. The summed E-state index contributed by atoms with van der Waals surface area (Å²) >= 11 is 0. The van der Waals surface area contributed by atoms with E-state index < -0.39 is 6.10 Å². The van der Waals surface area contributed by atoms with E-state index in [2.05, 4.69) is 0 Å². The maximum Gasteiger partial charge on any atom is 0.233 e. The first-order chi connectivity index (χ1) is 17.9. The quantitative estimate of drug-likeness (QED) is 0.219. The van der Waals surface area contributed by atoms with Crippen molar-refractivity contribution in [3.05, 3.63) is 125 Å². The molecule has 0 saturated carbocycles. The minimum Gasteiger partial charge on any atom is -0.388 e. The third-order valence-electron chi connectivity index (χ3n) is 6.96. The van der Waals surface area contributed by atoms with Crippen LogP contribution in [0.4, 0.5) is 14.5 Å². The summed E-state index contributed by atoms with van der Waals surface area (Å²) in [6.07, 6.45) is 0.772. The van der Waals surface area contributed by atoms with Crippen LogP contribution < -0.4 is 4.90 Å². The summed E-state index contributed by atoms with van der Waals surface area (Å²) in [7, 11) is 0. The number of rotatable bonds is 8. The molecular formula is C31H25F2NO3. The van der Waals surface area contributed by atoms with E-state index in [1.807, 2.05) is 36.4 Å². The topological polar surface area (TPSA) is 57.6 Å². The summed E-state index contributed by atoms with van der Waals surface area (Å²) in [5, 5.41) is 10.6. The molecule has 4 aromatic rings. The van der Waals surface area contributed by atoms with E-state index in [0.29, 0.717) is 29.7 Å². The molecule has 37 heavy (non-hydrogen) atoms. The van der Waals surface area contributed by atoms with Crippen molar-refractivity contribution in [2.24, 2.45) is 5.92 Å². The van der Waals surface area contributed by atoms with Gasteiger partial charge < -0.3 is 10.0 Å². The molecule has 3 unspecified atom stereocenters. The lowest BCUT2D eigenvalue weighted by molar-refractivity contribution is -0.131. The molecule has 0 aliphatic carbocycles. The highest BCUT2D eigenvalue weighted by Gasteiger charge is 2.48. The van der Waals surface area contributed by atoms with Crippen LogP contribution in [0.3, 0.4) is 0 Å². The molecule has 0 spiro atoms. The Morgan fingerprint density at radius 1 is 0.784 bits per heavy atom. The molecule has 1 aliphatic heterocycles. The maximum atomic E-state index is 13.5. The Morgan fingerprint density at radius 2 is 1.32 bits per heavy atom. The van der Waals surface area contributed by atoms with Gasteiger partial charge in [0.2, 0.25) is 5.91 Å². The number of carbonyl (C=O) groups is 2. The van der Waals surface area contributed by atoms with Gasteiger partial charge in [-0.1, -0.05) is 60.7 Å². The van der Waals surface area contributed by atoms with Crippen LogP contribution in [0.15, 0.2) is 97.1 Å². The van der Waals surface area contributed by atoms with Gasteiger partial charge in [-0.3, -0.25) is 9.59 Å². The van der Waals surface area contributed by atoms with Gasteiger partial charge in [0, 0.05) is 11.3 Å². The van der Waals surface area contributed by atoms with E-state index in [1.165, 1.54) is 24.3 Å². The molecule has 186 valence electrons. The van der Waals surface area contributed by atoms with Crippen LogP contribution in [0.1, 0.15) is 46.5 Å². The number of aldehydes is 1. The van der Waals surface area contributed by atoms with Gasteiger partial charge in [0.1, 0.15) is 17.9 Å². The number of hydrogen-bond acceptors (Lipinski definition) is 3.